The summed E-state index contributed by atoms with van der Waals surface area (Å²) in [6.45, 7) is 4.39. The molecule has 148 valence electrons. The third-order valence-electron chi connectivity index (χ3n) is 5.33. The second-order valence-corrected chi connectivity index (χ2v) is 7.22. The zero-order chi connectivity index (χ0) is 19.2. The molecule has 0 aromatic carbocycles. The van der Waals surface area contributed by atoms with E-state index in [1.54, 1.807) is 24.8 Å². The first-order valence-corrected chi connectivity index (χ1v) is 9.92. The van der Waals surface area contributed by atoms with Gasteiger partial charge in [0.05, 0.1) is 18.8 Å². The molecule has 28 heavy (non-hydrogen) atoms. The number of pyridine rings is 2. The Morgan fingerprint density at radius 2 is 1.93 bits per heavy atom. The molecule has 0 aliphatic carbocycles. The summed E-state index contributed by atoms with van der Waals surface area (Å²) >= 11 is 0. The Labute approximate surface area is 165 Å². The number of aromatic nitrogens is 2. The second-order valence-electron chi connectivity index (χ2n) is 7.22. The van der Waals surface area contributed by atoms with E-state index in [0.29, 0.717) is 24.7 Å². The van der Waals surface area contributed by atoms with Crippen LogP contribution in [0.3, 0.4) is 0 Å². The van der Waals surface area contributed by atoms with Gasteiger partial charge in [-0.2, -0.15) is 0 Å². The van der Waals surface area contributed by atoms with Crippen LogP contribution < -0.4 is 4.74 Å². The van der Waals surface area contributed by atoms with E-state index in [4.69, 9.17) is 9.47 Å². The Hall–Kier alpha value is -2.51. The molecule has 0 N–H and O–H groups in total. The highest BCUT2D eigenvalue weighted by molar-refractivity contribution is 5.78. The molecule has 2 aliphatic heterocycles. The van der Waals surface area contributed by atoms with Crippen molar-refractivity contribution in [3.05, 3.63) is 48.5 Å². The molecule has 2 aliphatic rings. The first-order chi connectivity index (χ1) is 13.8. The van der Waals surface area contributed by atoms with Crippen molar-refractivity contribution in [1.29, 1.82) is 0 Å². The molecule has 0 bridgehead atoms. The van der Waals surface area contributed by atoms with Gasteiger partial charge >= 0.3 is 0 Å². The Kier molecular flexibility index (Phi) is 6.14. The summed E-state index contributed by atoms with van der Waals surface area (Å²) in [4.78, 5) is 25.4. The molecule has 0 saturated carbocycles. The highest BCUT2D eigenvalue weighted by Gasteiger charge is 2.32. The fourth-order valence-corrected chi connectivity index (χ4v) is 3.85. The number of amides is 1. The summed E-state index contributed by atoms with van der Waals surface area (Å²) in [5.74, 6) is 1.34. The van der Waals surface area contributed by atoms with E-state index in [1.165, 1.54) is 19.3 Å². The summed E-state index contributed by atoms with van der Waals surface area (Å²) in [7, 11) is 0. The Morgan fingerprint density at radius 3 is 2.75 bits per heavy atom. The average molecular weight is 382 g/mol. The van der Waals surface area contributed by atoms with E-state index >= 15 is 0 Å². The van der Waals surface area contributed by atoms with Crippen molar-refractivity contribution in [2.75, 3.05) is 39.4 Å². The Balaban J connectivity index is 1.52. The van der Waals surface area contributed by atoms with Crippen LogP contribution in [-0.4, -0.2) is 65.1 Å². The van der Waals surface area contributed by atoms with Gasteiger partial charge in [-0.05, 0) is 44.1 Å². The van der Waals surface area contributed by atoms with Crippen molar-refractivity contribution in [2.45, 2.75) is 25.3 Å². The van der Waals surface area contributed by atoms with Crippen molar-refractivity contribution < 1.29 is 14.3 Å². The Morgan fingerprint density at radius 1 is 1.07 bits per heavy atom. The lowest BCUT2D eigenvalue weighted by molar-refractivity contribution is -0.148. The van der Waals surface area contributed by atoms with Crippen LogP contribution in [-0.2, 0) is 9.53 Å². The standard InChI is InChI=1S/C21H26N4O3/c26-21-16-27-15-19(25(21)12-11-24-9-2-1-3-10-24)18-14-23-8-6-20(18)28-17-5-4-7-22-13-17/h4-8,13-14,19H,1-3,9-12,15-16H2. The molecular weight excluding hydrogens is 356 g/mol. The molecule has 2 fully saturated rings. The van der Waals surface area contributed by atoms with Crippen molar-refractivity contribution in [1.82, 2.24) is 19.8 Å². The number of rotatable bonds is 6. The van der Waals surface area contributed by atoms with Crippen LogP contribution in [0.15, 0.2) is 43.0 Å². The van der Waals surface area contributed by atoms with Crippen molar-refractivity contribution in [2.24, 2.45) is 0 Å². The normalized spacial score (nSPS) is 20.9. The third kappa shape index (κ3) is 4.48. The molecule has 0 spiro atoms. The van der Waals surface area contributed by atoms with Gasteiger partial charge in [-0.15, -0.1) is 0 Å². The number of likely N-dealkylation sites (tertiary alicyclic amines) is 1. The summed E-state index contributed by atoms with van der Waals surface area (Å²) in [5.41, 5.74) is 0.859. The first kappa shape index (κ1) is 18.8. The zero-order valence-electron chi connectivity index (χ0n) is 16.0. The van der Waals surface area contributed by atoms with Gasteiger partial charge < -0.3 is 19.3 Å². The largest absolute Gasteiger partial charge is 0.455 e. The van der Waals surface area contributed by atoms with Crippen molar-refractivity contribution in [3.8, 4) is 11.5 Å². The average Bonchev–Trinajstić information content (AvgIpc) is 2.75. The summed E-state index contributed by atoms with van der Waals surface area (Å²) < 4.78 is 11.6. The molecule has 1 amide bonds. The predicted molar refractivity (Wildman–Crippen MR) is 104 cm³/mol. The van der Waals surface area contributed by atoms with Gasteiger partial charge in [0.15, 0.2) is 0 Å². The number of hydrogen-bond donors (Lipinski definition) is 0. The van der Waals surface area contributed by atoms with E-state index in [9.17, 15) is 4.79 Å². The van der Waals surface area contributed by atoms with Gasteiger partial charge in [-0.25, -0.2) is 0 Å². The fourth-order valence-electron chi connectivity index (χ4n) is 3.85. The van der Waals surface area contributed by atoms with Gasteiger partial charge in [0.2, 0.25) is 5.91 Å². The van der Waals surface area contributed by atoms with Crippen LogP contribution >= 0.6 is 0 Å². The Bertz CT molecular complexity index is 780. The van der Waals surface area contributed by atoms with E-state index < -0.39 is 0 Å². The van der Waals surface area contributed by atoms with Crippen molar-refractivity contribution >= 4 is 5.91 Å². The minimum atomic E-state index is -0.202. The molecule has 4 heterocycles. The number of piperidine rings is 1. The second kappa shape index (κ2) is 9.12. The smallest absolute Gasteiger partial charge is 0.249 e. The summed E-state index contributed by atoms with van der Waals surface area (Å²) in [6.07, 6.45) is 10.6. The van der Waals surface area contributed by atoms with Gasteiger partial charge in [0.25, 0.3) is 0 Å². The number of carbonyl (C=O) groups is 1. The number of carbonyl (C=O) groups excluding carboxylic acids is 1. The van der Waals surface area contributed by atoms with Gasteiger partial charge in [0, 0.05) is 37.2 Å². The lowest BCUT2D eigenvalue weighted by Gasteiger charge is -2.38. The fraction of sp³-hybridized carbons (Fsp3) is 0.476. The summed E-state index contributed by atoms with van der Waals surface area (Å²) in [5, 5.41) is 0. The quantitative estimate of drug-likeness (QED) is 0.765. The van der Waals surface area contributed by atoms with Crippen LogP contribution in [0.4, 0.5) is 0 Å². The first-order valence-electron chi connectivity index (χ1n) is 9.92. The number of nitrogens with zero attached hydrogens (tertiary/aromatic N) is 4. The van der Waals surface area contributed by atoms with Crippen LogP contribution in [0.5, 0.6) is 11.5 Å². The zero-order valence-corrected chi connectivity index (χ0v) is 16.0. The molecule has 2 aromatic rings. The van der Waals surface area contributed by atoms with Crippen LogP contribution in [0.1, 0.15) is 30.9 Å². The van der Waals surface area contributed by atoms with Gasteiger partial charge in [-0.3, -0.25) is 14.8 Å². The number of hydrogen-bond acceptors (Lipinski definition) is 6. The van der Waals surface area contributed by atoms with Crippen LogP contribution in [0.2, 0.25) is 0 Å². The predicted octanol–water partition coefficient (Wildman–Crippen LogP) is 2.65. The summed E-state index contributed by atoms with van der Waals surface area (Å²) in [6, 6.07) is 5.30. The SMILES string of the molecule is O=C1COCC(c2cnccc2Oc2cccnc2)N1CCN1CCCCC1. The molecule has 7 heteroatoms. The monoisotopic (exact) mass is 382 g/mol. The molecule has 2 saturated heterocycles. The molecule has 1 unspecified atom stereocenters. The molecule has 7 nitrogen and oxygen atoms in total. The lowest BCUT2D eigenvalue weighted by Crippen LogP contribution is -2.48. The van der Waals surface area contributed by atoms with E-state index in [2.05, 4.69) is 14.9 Å². The highest BCUT2D eigenvalue weighted by Crippen LogP contribution is 2.33. The number of ether oxygens (including phenoxy) is 2. The maximum atomic E-state index is 12.6. The molecular formula is C21H26N4O3. The topological polar surface area (TPSA) is 67.8 Å². The van der Waals surface area contributed by atoms with Crippen LogP contribution in [0, 0.1) is 0 Å². The lowest BCUT2D eigenvalue weighted by atomic mass is 10.1. The van der Waals surface area contributed by atoms with E-state index in [1.807, 2.05) is 23.1 Å². The maximum Gasteiger partial charge on any atom is 0.249 e. The highest BCUT2D eigenvalue weighted by atomic mass is 16.5. The van der Waals surface area contributed by atoms with Crippen molar-refractivity contribution in [3.63, 3.8) is 0 Å². The molecule has 0 radical (unpaired) electrons. The molecule has 4 rings (SSSR count). The van der Waals surface area contributed by atoms with Gasteiger partial charge in [-0.1, -0.05) is 6.42 Å². The molecule has 1 atom stereocenters. The van der Waals surface area contributed by atoms with E-state index in [-0.39, 0.29) is 18.6 Å². The minimum Gasteiger partial charge on any atom is -0.455 e. The maximum absolute atomic E-state index is 12.6. The molecule has 2 aromatic heterocycles. The van der Waals surface area contributed by atoms with Crippen LogP contribution in [0.25, 0.3) is 0 Å². The third-order valence-corrected chi connectivity index (χ3v) is 5.33. The van der Waals surface area contributed by atoms with Gasteiger partial charge in [0.1, 0.15) is 18.1 Å². The number of morpholine rings is 1. The minimum absolute atomic E-state index is 0.0180. The van der Waals surface area contributed by atoms with E-state index in [0.717, 1.165) is 25.2 Å².